The first-order valence-corrected chi connectivity index (χ1v) is 6.89. The molecule has 2 fully saturated rings. The van der Waals surface area contributed by atoms with Gasteiger partial charge >= 0.3 is 5.97 Å². The Morgan fingerprint density at radius 3 is 2.68 bits per heavy atom. The molecule has 2 unspecified atom stereocenters. The summed E-state index contributed by atoms with van der Waals surface area (Å²) in [7, 11) is 0. The molecule has 108 valence electrons. The molecule has 0 aromatic carbocycles. The predicted octanol–water partition coefficient (Wildman–Crippen LogP) is 0.126. The molecule has 2 rings (SSSR count). The minimum atomic E-state index is -1.24. The van der Waals surface area contributed by atoms with Gasteiger partial charge in [0.25, 0.3) is 0 Å². The van der Waals surface area contributed by atoms with E-state index in [1.807, 2.05) is 6.92 Å². The van der Waals surface area contributed by atoms with Crippen LogP contribution >= 0.6 is 0 Å². The summed E-state index contributed by atoms with van der Waals surface area (Å²) in [6, 6.07) is 0. The van der Waals surface area contributed by atoms with Gasteiger partial charge in [-0.25, -0.2) is 4.79 Å². The summed E-state index contributed by atoms with van der Waals surface area (Å²) in [4.78, 5) is 24.0. The number of amides is 1. The Labute approximate surface area is 112 Å². The summed E-state index contributed by atoms with van der Waals surface area (Å²) < 4.78 is 5.17. The van der Waals surface area contributed by atoms with E-state index in [9.17, 15) is 14.7 Å². The molecule has 2 atom stereocenters. The van der Waals surface area contributed by atoms with E-state index in [2.05, 4.69) is 10.6 Å². The highest BCUT2D eigenvalue weighted by molar-refractivity contribution is 5.90. The molecule has 2 aliphatic heterocycles. The van der Waals surface area contributed by atoms with Crippen molar-refractivity contribution in [3.8, 4) is 0 Å². The van der Waals surface area contributed by atoms with Crippen LogP contribution in [0.1, 0.15) is 32.6 Å². The molecule has 0 aromatic heterocycles. The van der Waals surface area contributed by atoms with E-state index in [-0.39, 0.29) is 12.5 Å². The van der Waals surface area contributed by atoms with Gasteiger partial charge in [-0.3, -0.25) is 4.79 Å². The Kier molecular flexibility index (Phi) is 4.10. The van der Waals surface area contributed by atoms with E-state index in [0.717, 1.165) is 25.8 Å². The lowest BCUT2D eigenvalue weighted by molar-refractivity contribution is -0.149. The number of carbonyl (C=O) groups excluding carboxylic acids is 1. The fourth-order valence-electron chi connectivity index (χ4n) is 2.98. The van der Waals surface area contributed by atoms with Crippen LogP contribution in [0, 0.1) is 5.41 Å². The first kappa shape index (κ1) is 14.3. The monoisotopic (exact) mass is 270 g/mol. The van der Waals surface area contributed by atoms with Crippen LogP contribution in [0.2, 0.25) is 0 Å². The molecule has 2 saturated heterocycles. The topological polar surface area (TPSA) is 87.7 Å². The molecule has 0 saturated carbocycles. The molecule has 0 spiro atoms. The maximum Gasteiger partial charge on any atom is 0.331 e. The zero-order valence-corrected chi connectivity index (χ0v) is 11.3. The van der Waals surface area contributed by atoms with Crippen molar-refractivity contribution in [2.24, 2.45) is 5.41 Å². The van der Waals surface area contributed by atoms with Crippen LogP contribution < -0.4 is 10.6 Å². The van der Waals surface area contributed by atoms with Gasteiger partial charge in [-0.15, -0.1) is 0 Å². The van der Waals surface area contributed by atoms with Gasteiger partial charge in [-0.1, -0.05) is 13.3 Å². The first-order valence-electron chi connectivity index (χ1n) is 6.89. The van der Waals surface area contributed by atoms with Gasteiger partial charge in [0.2, 0.25) is 5.91 Å². The zero-order chi connectivity index (χ0) is 13.9. The zero-order valence-electron chi connectivity index (χ0n) is 11.3. The largest absolute Gasteiger partial charge is 0.479 e. The van der Waals surface area contributed by atoms with E-state index in [1.165, 1.54) is 0 Å². The van der Waals surface area contributed by atoms with Gasteiger partial charge in [-0.2, -0.15) is 0 Å². The smallest absolute Gasteiger partial charge is 0.331 e. The molecule has 19 heavy (non-hydrogen) atoms. The molecular weight excluding hydrogens is 248 g/mol. The molecule has 0 aromatic rings. The second-order valence-corrected chi connectivity index (χ2v) is 5.60. The second-order valence-electron chi connectivity index (χ2n) is 5.60. The normalized spacial score (nSPS) is 34.4. The summed E-state index contributed by atoms with van der Waals surface area (Å²) >= 11 is 0. The minimum absolute atomic E-state index is 0.0592. The van der Waals surface area contributed by atoms with Crippen LogP contribution in [0.25, 0.3) is 0 Å². The summed E-state index contributed by atoms with van der Waals surface area (Å²) in [5, 5.41) is 15.3. The Balaban J connectivity index is 2.12. The predicted molar refractivity (Wildman–Crippen MR) is 68.8 cm³/mol. The Hall–Kier alpha value is -1.14. The van der Waals surface area contributed by atoms with Crippen LogP contribution in [0.5, 0.6) is 0 Å². The van der Waals surface area contributed by atoms with Crippen molar-refractivity contribution in [3.05, 3.63) is 0 Å². The van der Waals surface area contributed by atoms with Crippen molar-refractivity contribution in [1.29, 1.82) is 0 Å². The fourth-order valence-corrected chi connectivity index (χ4v) is 2.98. The van der Waals surface area contributed by atoms with Gasteiger partial charge in [0.15, 0.2) is 5.54 Å². The molecule has 2 heterocycles. The molecule has 0 radical (unpaired) electrons. The lowest BCUT2D eigenvalue weighted by Crippen LogP contribution is -2.59. The lowest BCUT2D eigenvalue weighted by atomic mass is 9.80. The quantitative estimate of drug-likeness (QED) is 0.661. The van der Waals surface area contributed by atoms with E-state index >= 15 is 0 Å². The first-order chi connectivity index (χ1) is 9.05. The van der Waals surface area contributed by atoms with Crippen LogP contribution in [0.15, 0.2) is 0 Å². The molecule has 6 nitrogen and oxygen atoms in total. The van der Waals surface area contributed by atoms with Gasteiger partial charge < -0.3 is 20.5 Å². The number of aliphatic carboxylic acids is 1. The molecule has 0 bridgehead atoms. The summed E-state index contributed by atoms with van der Waals surface area (Å²) in [6.07, 6.45) is 2.79. The number of carboxylic acid groups (broad SMARTS) is 1. The van der Waals surface area contributed by atoms with Crippen LogP contribution in [-0.4, -0.2) is 48.8 Å². The summed E-state index contributed by atoms with van der Waals surface area (Å²) in [5.41, 5.74) is -1.69. The molecule has 1 amide bonds. The number of carboxylic acids is 1. The number of carbonyl (C=O) groups is 2. The standard InChI is InChI=1S/C13H22N2O4/c1-2-3-12(4-6-14-8-12)10(16)15-13(11(17)18)5-7-19-9-13/h14H,2-9H2,1H3,(H,15,16)(H,17,18). The number of hydrogen-bond acceptors (Lipinski definition) is 4. The third kappa shape index (κ3) is 2.60. The summed E-state index contributed by atoms with van der Waals surface area (Å²) in [5.74, 6) is -1.15. The van der Waals surface area contributed by atoms with Crippen LogP contribution in [0.4, 0.5) is 0 Å². The third-order valence-corrected chi connectivity index (χ3v) is 4.24. The molecule has 2 aliphatic rings. The van der Waals surface area contributed by atoms with Crippen molar-refractivity contribution in [2.75, 3.05) is 26.3 Å². The molecule has 6 heteroatoms. The van der Waals surface area contributed by atoms with E-state index < -0.39 is 16.9 Å². The van der Waals surface area contributed by atoms with Gasteiger partial charge in [-0.05, 0) is 19.4 Å². The van der Waals surface area contributed by atoms with Crippen molar-refractivity contribution < 1.29 is 19.4 Å². The average Bonchev–Trinajstić information content (AvgIpc) is 3.00. The highest BCUT2D eigenvalue weighted by Gasteiger charge is 2.49. The van der Waals surface area contributed by atoms with E-state index in [1.54, 1.807) is 0 Å². The highest BCUT2D eigenvalue weighted by Crippen LogP contribution is 2.33. The Morgan fingerprint density at radius 1 is 1.42 bits per heavy atom. The number of hydrogen-bond donors (Lipinski definition) is 3. The SMILES string of the molecule is CCCC1(C(=O)NC2(C(=O)O)CCOC2)CCNC1. The Bertz CT molecular complexity index is 358. The number of rotatable bonds is 5. The maximum absolute atomic E-state index is 12.6. The van der Waals surface area contributed by atoms with Gasteiger partial charge in [0.1, 0.15) is 0 Å². The maximum atomic E-state index is 12.6. The number of ether oxygens (including phenoxy) is 1. The van der Waals surface area contributed by atoms with Crippen molar-refractivity contribution in [1.82, 2.24) is 10.6 Å². The van der Waals surface area contributed by atoms with Gasteiger partial charge in [0.05, 0.1) is 12.0 Å². The molecular formula is C13H22N2O4. The van der Waals surface area contributed by atoms with Crippen molar-refractivity contribution in [3.63, 3.8) is 0 Å². The second kappa shape index (κ2) is 5.46. The molecule has 0 aliphatic carbocycles. The third-order valence-electron chi connectivity index (χ3n) is 4.24. The van der Waals surface area contributed by atoms with Crippen molar-refractivity contribution in [2.45, 2.75) is 38.1 Å². The lowest BCUT2D eigenvalue weighted by Gasteiger charge is -2.32. The minimum Gasteiger partial charge on any atom is -0.479 e. The fraction of sp³-hybridized carbons (Fsp3) is 0.846. The van der Waals surface area contributed by atoms with Crippen LogP contribution in [0.3, 0.4) is 0 Å². The van der Waals surface area contributed by atoms with Crippen molar-refractivity contribution >= 4 is 11.9 Å². The van der Waals surface area contributed by atoms with Gasteiger partial charge in [0, 0.05) is 19.6 Å². The van der Waals surface area contributed by atoms with Crippen LogP contribution in [-0.2, 0) is 14.3 Å². The Morgan fingerprint density at radius 2 is 2.21 bits per heavy atom. The molecule has 3 N–H and O–H groups in total. The average molecular weight is 270 g/mol. The van der Waals surface area contributed by atoms with E-state index in [4.69, 9.17) is 4.74 Å². The number of nitrogens with one attached hydrogen (secondary N) is 2. The van der Waals surface area contributed by atoms with E-state index in [0.29, 0.717) is 19.6 Å². The highest BCUT2D eigenvalue weighted by atomic mass is 16.5. The summed E-state index contributed by atoms with van der Waals surface area (Å²) in [6.45, 7) is 3.92.